The molecule has 0 saturated heterocycles. The Labute approximate surface area is 137 Å². The molecule has 0 bridgehead atoms. The SMILES string of the molecule is COC1C=CC=CC1CSC1=NC(C)[C@H](N)C2=C1CCCC2. The maximum Gasteiger partial charge on any atom is 0.0940 e. The first-order valence-electron chi connectivity index (χ1n) is 8.27. The molecule has 2 aliphatic carbocycles. The summed E-state index contributed by atoms with van der Waals surface area (Å²) in [6.45, 7) is 2.14. The lowest BCUT2D eigenvalue weighted by molar-refractivity contribution is 0.113. The van der Waals surface area contributed by atoms with Crippen LogP contribution in [0.5, 0.6) is 0 Å². The molecule has 0 aromatic carbocycles. The van der Waals surface area contributed by atoms with Crippen molar-refractivity contribution < 1.29 is 4.74 Å². The third-order valence-corrected chi connectivity index (χ3v) is 6.07. The predicted molar refractivity (Wildman–Crippen MR) is 95.4 cm³/mol. The Morgan fingerprint density at radius 1 is 1.27 bits per heavy atom. The van der Waals surface area contributed by atoms with Gasteiger partial charge in [-0.3, -0.25) is 4.99 Å². The minimum atomic E-state index is 0.129. The van der Waals surface area contributed by atoms with E-state index in [1.54, 1.807) is 7.11 Å². The summed E-state index contributed by atoms with van der Waals surface area (Å²) in [6.07, 6.45) is 13.6. The molecule has 3 aliphatic rings. The topological polar surface area (TPSA) is 47.6 Å². The Hall–Kier alpha value is -0.840. The summed E-state index contributed by atoms with van der Waals surface area (Å²) in [7, 11) is 1.78. The van der Waals surface area contributed by atoms with Crippen LogP contribution in [0.3, 0.4) is 0 Å². The Balaban J connectivity index is 1.71. The highest BCUT2D eigenvalue weighted by atomic mass is 32.2. The minimum Gasteiger partial charge on any atom is -0.377 e. The standard InChI is InChI=1S/C18H26N2OS/c1-12-17(19)14-8-4-5-9-15(14)18(20-12)22-11-13-7-3-6-10-16(13)21-2/h3,6-7,10,12-13,16-17H,4-5,8-9,11,19H2,1-2H3/t12?,13?,16?,17-/m0/s1. The zero-order chi connectivity index (χ0) is 15.5. The largest absolute Gasteiger partial charge is 0.377 e. The molecule has 1 heterocycles. The van der Waals surface area contributed by atoms with Gasteiger partial charge in [-0.15, -0.1) is 11.8 Å². The maximum atomic E-state index is 6.36. The van der Waals surface area contributed by atoms with E-state index >= 15 is 0 Å². The van der Waals surface area contributed by atoms with E-state index in [1.165, 1.54) is 29.0 Å². The van der Waals surface area contributed by atoms with E-state index in [4.69, 9.17) is 15.5 Å². The van der Waals surface area contributed by atoms with Crippen LogP contribution >= 0.6 is 11.8 Å². The molecule has 0 radical (unpaired) electrons. The number of rotatable bonds is 3. The minimum absolute atomic E-state index is 0.129. The van der Waals surface area contributed by atoms with E-state index < -0.39 is 0 Å². The molecule has 0 fully saturated rings. The van der Waals surface area contributed by atoms with Crippen molar-refractivity contribution in [2.45, 2.75) is 50.8 Å². The van der Waals surface area contributed by atoms with Crippen molar-refractivity contribution in [2.75, 3.05) is 12.9 Å². The molecular formula is C18H26N2OS. The number of hydrogen-bond acceptors (Lipinski definition) is 4. The van der Waals surface area contributed by atoms with Gasteiger partial charge in [-0.25, -0.2) is 0 Å². The second-order valence-electron chi connectivity index (χ2n) is 6.36. The maximum absolute atomic E-state index is 6.36. The van der Waals surface area contributed by atoms with Crippen LogP contribution in [0.2, 0.25) is 0 Å². The zero-order valence-corrected chi connectivity index (χ0v) is 14.3. The number of nitrogens with zero attached hydrogens (tertiary/aromatic N) is 1. The Morgan fingerprint density at radius 2 is 2.05 bits per heavy atom. The fourth-order valence-electron chi connectivity index (χ4n) is 3.51. The van der Waals surface area contributed by atoms with Crippen LogP contribution in [0.15, 0.2) is 40.4 Å². The van der Waals surface area contributed by atoms with E-state index in [0.717, 1.165) is 18.6 Å². The van der Waals surface area contributed by atoms with Crippen molar-refractivity contribution in [3.63, 3.8) is 0 Å². The highest BCUT2D eigenvalue weighted by Crippen LogP contribution is 2.36. The number of dihydropyridines is 1. The third-order valence-electron chi connectivity index (χ3n) is 4.89. The normalized spacial score (nSPS) is 34.6. The number of thioether (sulfide) groups is 1. The monoisotopic (exact) mass is 318 g/mol. The van der Waals surface area contributed by atoms with Crippen molar-refractivity contribution >= 4 is 16.8 Å². The van der Waals surface area contributed by atoms with Gasteiger partial charge in [-0.1, -0.05) is 24.3 Å². The van der Waals surface area contributed by atoms with Gasteiger partial charge in [0.2, 0.25) is 0 Å². The van der Waals surface area contributed by atoms with Crippen molar-refractivity contribution in [1.82, 2.24) is 0 Å². The lowest BCUT2D eigenvalue weighted by atomic mass is 9.84. The van der Waals surface area contributed by atoms with Gasteiger partial charge in [-0.05, 0) is 43.8 Å². The summed E-state index contributed by atoms with van der Waals surface area (Å²) < 4.78 is 5.57. The third kappa shape index (κ3) is 3.24. The second kappa shape index (κ2) is 7.16. The van der Waals surface area contributed by atoms with Gasteiger partial charge in [0.25, 0.3) is 0 Å². The fraction of sp³-hybridized carbons (Fsp3) is 0.611. The smallest absolute Gasteiger partial charge is 0.0940 e. The fourth-order valence-corrected chi connectivity index (χ4v) is 4.81. The molecule has 3 rings (SSSR count). The van der Waals surface area contributed by atoms with Crippen LogP contribution in [0.4, 0.5) is 0 Å². The first kappa shape index (κ1) is 16.0. The first-order valence-corrected chi connectivity index (χ1v) is 9.25. The van der Waals surface area contributed by atoms with Crippen molar-refractivity contribution in [2.24, 2.45) is 16.6 Å². The molecule has 4 atom stereocenters. The van der Waals surface area contributed by atoms with Gasteiger partial charge < -0.3 is 10.5 Å². The van der Waals surface area contributed by atoms with Gasteiger partial charge >= 0.3 is 0 Å². The molecular weight excluding hydrogens is 292 g/mol. The Bertz CT molecular complexity index is 535. The van der Waals surface area contributed by atoms with Crippen molar-refractivity contribution in [3.05, 3.63) is 35.5 Å². The average molecular weight is 318 g/mol. The van der Waals surface area contributed by atoms with Crippen molar-refractivity contribution in [3.8, 4) is 0 Å². The molecule has 120 valence electrons. The molecule has 2 N–H and O–H groups in total. The molecule has 0 aromatic rings. The summed E-state index contributed by atoms with van der Waals surface area (Å²) >= 11 is 1.89. The summed E-state index contributed by atoms with van der Waals surface area (Å²) in [5, 5.41) is 1.24. The molecule has 0 amide bonds. The average Bonchev–Trinajstić information content (AvgIpc) is 2.57. The number of ether oxygens (including phenoxy) is 1. The van der Waals surface area contributed by atoms with E-state index in [9.17, 15) is 0 Å². The molecule has 22 heavy (non-hydrogen) atoms. The van der Waals surface area contributed by atoms with Gasteiger partial charge in [0.05, 0.1) is 17.2 Å². The van der Waals surface area contributed by atoms with Gasteiger partial charge in [0.1, 0.15) is 0 Å². The zero-order valence-electron chi connectivity index (χ0n) is 13.5. The van der Waals surface area contributed by atoms with Gasteiger partial charge in [0.15, 0.2) is 0 Å². The molecule has 0 spiro atoms. The molecule has 1 aliphatic heterocycles. The lowest BCUT2D eigenvalue weighted by Crippen LogP contribution is -2.39. The summed E-state index contributed by atoms with van der Waals surface area (Å²) in [6, 6.07) is 0.336. The van der Waals surface area contributed by atoms with Crippen LogP contribution in [0, 0.1) is 5.92 Å². The van der Waals surface area contributed by atoms with E-state index in [-0.39, 0.29) is 18.2 Å². The highest BCUT2D eigenvalue weighted by molar-refractivity contribution is 8.14. The molecule has 3 nitrogen and oxygen atoms in total. The van der Waals surface area contributed by atoms with Gasteiger partial charge in [0, 0.05) is 24.8 Å². The molecule has 3 unspecified atom stereocenters. The summed E-state index contributed by atoms with van der Waals surface area (Å²) in [4.78, 5) is 4.90. The molecule has 0 saturated carbocycles. The van der Waals surface area contributed by atoms with Crippen molar-refractivity contribution in [1.29, 1.82) is 0 Å². The number of allylic oxidation sites excluding steroid dienone is 2. The first-order chi connectivity index (χ1) is 10.7. The highest BCUT2D eigenvalue weighted by Gasteiger charge is 2.30. The summed E-state index contributed by atoms with van der Waals surface area (Å²) in [5.74, 6) is 1.43. The van der Waals surface area contributed by atoms with Crippen LogP contribution in [0.25, 0.3) is 0 Å². The number of aliphatic imine (C=N–C) groups is 1. The number of hydrogen-bond donors (Lipinski definition) is 1. The summed E-state index contributed by atoms with van der Waals surface area (Å²) in [5.41, 5.74) is 9.28. The van der Waals surface area contributed by atoms with Gasteiger partial charge in [-0.2, -0.15) is 0 Å². The molecule has 4 heteroatoms. The Morgan fingerprint density at radius 3 is 2.86 bits per heavy atom. The van der Waals surface area contributed by atoms with Crippen LogP contribution in [0.1, 0.15) is 32.6 Å². The Kier molecular flexibility index (Phi) is 5.21. The molecule has 0 aromatic heterocycles. The second-order valence-corrected chi connectivity index (χ2v) is 7.37. The number of methoxy groups -OCH3 is 1. The van der Waals surface area contributed by atoms with E-state index in [2.05, 4.69) is 31.2 Å². The van der Waals surface area contributed by atoms with Crippen LogP contribution in [-0.4, -0.2) is 36.1 Å². The van der Waals surface area contributed by atoms with Crippen LogP contribution in [-0.2, 0) is 4.74 Å². The van der Waals surface area contributed by atoms with E-state index in [0.29, 0.717) is 5.92 Å². The predicted octanol–water partition coefficient (Wildman–Crippen LogP) is 3.48. The quantitative estimate of drug-likeness (QED) is 0.866. The van der Waals surface area contributed by atoms with E-state index in [1.807, 2.05) is 11.8 Å². The van der Waals surface area contributed by atoms with Crippen LogP contribution < -0.4 is 5.73 Å². The number of nitrogens with two attached hydrogens (primary N) is 1. The lowest BCUT2D eigenvalue weighted by Gasteiger charge is -2.33.